The summed E-state index contributed by atoms with van der Waals surface area (Å²) in [6, 6.07) is 0. The van der Waals surface area contributed by atoms with Crippen molar-refractivity contribution in [1.29, 1.82) is 0 Å². The standard InChI is InChI=1S/C11H21NO3/c1-3-6-11(2,14)8-12-10(13)9-5-4-7-15-9/h9,14H,3-8H2,1-2H3,(H,12,13)/t9-,11?/m1/s1. The average molecular weight is 215 g/mol. The van der Waals surface area contributed by atoms with Gasteiger partial charge in [0.25, 0.3) is 0 Å². The Kier molecular flexibility index (Phi) is 4.54. The van der Waals surface area contributed by atoms with Gasteiger partial charge in [-0.05, 0) is 26.2 Å². The van der Waals surface area contributed by atoms with Crippen molar-refractivity contribution in [3.05, 3.63) is 0 Å². The molecule has 4 nitrogen and oxygen atoms in total. The maximum absolute atomic E-state index is 11.5. The molecule has 1 heterocycles. The summed E-state index contributed by atoms with van der Waals surface area (Å²) < 4.78 is 5.25. The van der Waals surface area contributed by atoms with Crippen LogP contribution in [0.25, 0.3) is 0 Å². The molecule has 1 fully saturated rings. The van der Waals surface area contributed by atoms with Crippen LogP contribution in [0.5, 0.6) is 0 Å². The summed E-state index contributed by atoms with van der Waals surface area (Å²) in [5.74, 6) is -0.0936. The van der Waals surface area contributed by atoms with Crippen molar-refractivity contribution in [2.45, 2.75) is 51.2 Å². The van der Waals surface area contributed by atoms with Gasteiger partial charge in [-0.2, -0.15) is 0 Å². The van der Waals surface area contributed by atoms with Gasteiger partial charge in [0.05, 0.1) is 5.60 Å². The Morgan fingerprint density at radius 1 is 1.67 bits per heavy atom. The highest BCUT2D eigenvalue weighted by Gasteiger charge is 2.26. The molecule has 15 heavy (non-hydrogen) atoms. The zero-order valence-corrected chi connectivity index (χ0v) is 9.58. The quantitative estimate of drug-likeness (QED) is 0.714. The lowest BCUT2D eigenvalue weighted by Crippen LogP contribution is -2.44. The second kappa shape index (κ2) is 5.47. The van der Waals surface area contributed by atoms with Crippen molar-refractivity contribution in [1.82, 2.24) is 5.32 Å². The van der Waals surface area contributed by atoms with Gasteiger partial charge >= 0.3 is 0 Å². The predicted octanol–water partition coefficient (Wildman–Crippen LogP) is 0.833. The minimum atomic E-state index is -0.803. The SMILES string of the molecule is CCCC(C)(O)CNC(=O)[C@H]1CCCO1. The van der Waals surface area contributed by atoms with Crippen LogP contribution in [0.15, 0.2) is 0 Å². The highest BCUT2D eigenvalue weighted by molar-refractivity contribution is 5.81. The van der Waals surface area contributed by atoms with E-state index in [2.05, 4.69) is 5.32 Å². The van der Waals surface area contributed by atoms with E-state index in [1.54, 1.807) is 6.92 Å². The third-order valence-corrected chi connectivity index (χ3v) is 2.65. The van der Waals surface area contributed by atoms with Gasteiger partial charge in [0.2, 0.25) is 5.91 Å². The summed E-state index contributed by atoms with van der Waals surface area (Å²) in [6.07, 6.45) is 3.04. The molecule has 0 aromatic carbocycles. The average Bonchev–Trinajstić information content (AvgIpc) is 2.67. The highest BCUT2D eigenvalue weighted by atomic mass is 16.5. The van der Waals surface area contributed by atoms with E-state index >= 15 is 0 Å². The van der Waals surface area contributed by atoms with Crippen LogP contribution >= 0.6 is 0 Å². The van der Waals surface area contributed by atoms with Gasteiger partial charge in [-0.25, -0.2) is 0 Å². The number of nitrogens with one attached hydrogen (secondary N) is 1. The molecule has 1 unspecified atom stereocenters. The molecular weight excluding hydrogens is 194 g/mol. The van der Waals surface area contributed by atoms with Crippen molar-refractivity contribution in [3.63, 3.8) is 0 Å². The summed E-state index contributed by atoms with van der Waals surface area (Å²) in [4.78, 5) is 11.5. The maximum Gasteiger partial charge on any atom is 0.249 e. The lowest BCUT2D eigenvalue weighted by molar-refractivity contribution is -0.131. The lowest BCUT2D eigenvalue weighted by Gasteiger charge is -2.23. The summed E-state index contributed by atoms with van der Waals surface area (Å²) in [5.41, 5.74) is -0.803. The third kappa shape index (κ3) is 4.18. The fourth-order valence-corrected chi connectivity index (χ4v) is 1.80. The number of ether oxygens (including phenoxy) is 1. The fourth-order valence-electron chi connectivity index (χ4n) is 1.80. The molecule has 0 spiro atoms. The molecule has 88 valence electrons. The van der Waals surface area contributed by atoms with E-state index in [1.165, 1.54) is 0 Å². The molecule has 0 bridgehead atoms. The third-order valence-electron chi connectivity index (χ3n) is 2.65. The van der Waals surface area contributed by atoms with Crippen LogP contribution in [0.2, 0.25) is 0 Å². The van der Waals surface area contributed by atoms with Crippen LogP contribution < -0.4 is 5.32 Å². The maximum atomic E-state index is 11.5. The first kappa shape index (κ1) is 12.5. The number of carbonyl (C=O) groups excluding carboxylic acids is 1. The van der Waals surface area contributed by atoms with Gasteiger partial charge in [-0.1, -0.05) is 13.3 Å². The molecule has 1 saturated heterocycles. The van der Waals surface area contributed by atoms with E-state index < -0.39 is 5.60 Å². The Labute approximate surface area is 91.0 Å². The summed E-state index contributed by atoms with van der Waals surface area (Å²) in [7, 11) is 0. The molecule has 0 aromatic rings. The Hall–Kier alpha value is -0.610. The molecule has 1 aliphatic rings. The normalized spacial score (nSPS) is 24.9. The second-order valence-corrected chi connectivity index (χ2v) is 4.47. The smallest absolute Gasteiger partial charge is 0.249 e. The van der Waals surface area contributed by atoms with Crippen molar-refractivity contribution in [3.8, 4) is 0 Å². The molecule has 2 N–H and O–H groups in total. The van der Waals surface area contributed by atoms with Gasteiger partial charge in [-0.3, -0.25) is 4.79 Å². The van der Waals surface area contributed by atoms with Crippen LogP contribution in [0.1, 0.15) is 39.5 Å². The van der Waals surface area contributed by atoms with Crippen LogP contribution in [-0.4, -0.2) is 35.9 Å². The molecule has 1 rings (SSSR count). The van der Waals surface area contributed by atoms with E-state index in [1.807, 2.05) is 6.92 Å². The van der Waals surface area contributed by atoms with Crippen molar-refractivity contribution in [2.75, 3.05) is 13.2 Å². The monoisotopic (exact) mass is 215 g/mol. The number of aliphatic hydroxyl groups is 1. The minimum absolute atomic E-state index is 0.0936. The van der Waals surface area contributed by atoms with Gasteiger partial charge in [0.1, 0.15) is 6.10 Å². The Morgan fingerprint density at radius 3 is 2.93 bits per heavy atom. The first-order chi connectivity index (χ1) is 7.05. The van der Waals surface area contributed by atoms with Crippen LogP contribution in [0.4, 0.5) is 0 Å². The van der Waals surface area contributed by atoms with Crippen molar-refractivity contribution in [2.24, 2.45) is 0 Å². The molecular formula is C11H21NO3. The van der Waals surface area contributed by atoms with Crippen LogP contribution in [0.3, 0.4) is 0 Å². The summed E-state index contributed by atoms with van der Waals surface area (Å²) in [5, 5.41) is 12.6. The van der Waals surface area contributed by atoms with Crippen molar-refractivity contribution < 1.29 is 14.6 Å². The molecule has 1 aliphatic heterocycles. The number of carbonyl (C=O) groups is 1. The molecule has 4 heteroatoms. The van der Waals surface area contributed by atoms with E-state index in [4.69, 9.17) is 4.74 Å². The number of amides is 1. The minimum Gasteiger partial charge on any atom is -0.388 e. The van der Waals surface area contributed by atoms with Gasteiger partial charge in [0.15, 0.2) is 0 Å². The number of hydrogen-bond acceptors (Lipinski definition) is 3. The topological polar surface area (TPSA) is 58.6 Å². The Balaban J connectivity index is 2.26. The second-order valence-electron chi connectivity index (χ2n) is 4.47. The molecule has 0 aliphatic carbocycles. The highest BCUT2D eigenvalue weighted by Crippen LogP contribution is 2.13. The first-order valence-electron chi connectivity index (χ1n) is 5.67. The molecule has 1 amide bonds. The molecule has 0 saturated carbocycles. The van der Waals surface area contributed by atoms with E-state index in [0.717, 1.165) is 19.3 Å². The Morgan fingerprint density at radius 2 is 2.40 bits per heavy atom. The van der Waals surface area contributed by atoms with Crippen molar-refractivity contribution >= 4 is 5.91 Å². The van der Waals surface area contributed by atoms with E-state index in [-0.39, 0.29) is 12.0 Å². The molecule has 0 radical (unpaired) electrons. The number of hydrogen-bond donors (Lipinski definition) is 2. The van der Waals surface area contributed by atoms with Gasteiger partial charge in [-0.15, -0.1) is 0 Å². The van der Waals surface area contributed by atoms with E-state index in [9.17, 15) is 9.90 Å². The zero-order chi connectivity index (χ0) is 11.3. The van der Waals surface area contributed by atoms with Gasteiger partial charge in [0, 0.05) is 13.2 Å². The van der Waals surface area contributed by atoms with E-state index in [0.29, 0.717) is 19.6 Å². The zero-order valence-electron chi connectivity index (χ0n) is 9.58. The lowest BCUT2D eigenvalue weighted by atomic mass is 10.0. The number of rotatable bonds is 5. The largest absolute Gasteiger partial charge is 0.388 e. The van der Waals surface area contributed by atoms with Crippen LogP contribution in [-0.2, 0) is 9.53 Å². The van der Waals surface area contributed by atoms with Gasteiger partial charge < -0.3 is 15.2 Å². The summed E-state index contributed by atoms with van der Waals surface area (Å²) >= 11 is 0. The summed E-state index contributed by atoms with van der Waals surface area (Å²) in [6.45, 7) is 4.73. The predicted molar refractivity (Wildman–Crippen MR) is 57.5 cm³/mol. The first-order valence-corrected chi connectivity index (χ1v) is 5.67. The fraction of sp³-hybridized carbons (Fsp3) is 0.909. The molecule has 0 aromatic heterocycles. The Bertz CT molecular complexity index is 210. The molecule has 2 atom stereocenters. The van der Waals surface area contributed by atoms with Crippen LogP contribution in [0, 0.1) is 0 Å².